The highest BCUT2D eigenvalue weighted by Crippen LogP contribution is 2.28. The van der Waals surface area contributed by atoms with Crippen molar-refractivity contribution < 1.29 is 9.84 Å². The molecule has 1 aliphatic rings. The molecule has 0 atom stereocenters. The predicted octanol–water partition coefficient (Wildman–Crippen LogP) is 3.35. The topological polar surface area (TPSA) is 41.8 Å². The van der Waals surface area contributed by atoms with Crippen molar-refractivity contribution in [2.75, 3.05) is 0 Å². The molecule has 3 rings (SSSR count). The number of fused-ring (bicyclic) bond motifs is 1. The minimum absolute atomic E-state index is 0.194. The first-order chi connectivity index (χ1) is 9.13. The van der Waals surface area contributed by atoms with Gasteiger partial charge in [0.15, 0.2) is 0 Å². The Bertz CT molecular complexity index is 674. The molecule has 2 aromatic carbocycles. The number of hydrogen-bond donors (Lipinski definition) is 1. The first-order valence-corrected chi connectivity index (χ1v) is 6.25. The Morgan fingerprint density at radius 3 is 2.63 bits per heavy atom. The molecule has 0 unspecified atom stereocenters. The molecular weight excluding hydrogens is 238 g/mol. The number of phenols is 1. The lowest BCUT2D eigenvalue weighted by molar-refractivity contribution is 0.466. The summed E-state index contributed by atoms with van der Waals surface area (Å²) in [7, 11) is 0. The maximum Gasteiger partial charge on any atom is 0.226 e. The maximum atomic E-state index is 9.92. The number of nitrogens with zero attached hydrogens (tertiary/aromatic N) is 1. The zero-order valence-corrected chi connectivity index (χ0v) is 11.0. The highest BCUT2D eigenvalue weighted by Gasteiger charge is 2.18. The second kappa shape index (κ2) is 4.43. The highest BCUT2D eigenvalue weighted by atomic mass is 16.5. The molecule has 0 radical (unpaired) electrons. The summed E-state index contributed by atoms with van der Waals surface area (Å²) in [5.41, 5.74) is 3.98. The lowest BCUT2D eigenvalue weighted by atomic mass is 10.1. The van der Waals surface area contributed by atoms with Crippen molar-refractivity contribution in [3.05, 3.63) is 58.7 Å². The number of benzene rings is 2. The zero-order valence-electron chi connectivity index (χ0n) is 11.0. The van der Waals surface area contributed by atoms with Gasteiger partial charge in [-0.25, -0.2) is 4.99 Å². The van der Waals surface area contributed by atoms with Crippen LogP contribution in [0.2, 0.25) is 0 Å². The Balaban J connectivity index is 1.99. The van der Waals surface area contributed by atoms with Crippen molar-refractivity contribution in [3.63, 3.8) is 0 Å². The van der Waals surface area contributed by atoms with Gasteiger partial charge in [-0.3, -0.25) is 0 Å². The van der Waals surface area contributed by atoms with Gasteiger partial charge in [0.05, 0.1) is 12.1 Å². The minimum Gasteiger partial charge on any atom is -0.507 e. The van der Waals surface area contributed by atoms with E-state index >= 15 is 0 Å². The van der Waals surface area contributed by atoms with Gasteiger partial charge in [-0.05, 0) is 32.0 Å². The van der Waals surface area contributed by atoms with Crippen LogP contribution in [-0.2, 0) is 6.54 Å². The highest BCUT2D eigenvalue weighted by molar-refractivity contribution is 5.99. The molecular formula is C16H15NO2. The van der Waals surface area contributed by atoms with E-state index in [2.05, 4.69) is 11.1 Å². The molecule has 0 bridgehead atoms. The normalized spacial score (nSPS) is 13.5. The van der Waals surface area contributed by atoms with Crippen molar-refractivity contribution in [3.8, 4) is 11.5 Å². The lowest BCUT2D eigenvalue weighted by Crippen LogP contribution is -2.16. The van der Waals surface area contributed by atoms with E-state index in [1.807, 2.05) is 38.1 Å². The summed E-state index contributed by atoms with van der Waals surface area (Å²) >= 11 is 0. The molecule has 0 aromatic heterocycles. The lowest BCUT2D eigenvalue weighted by Gasteiger charge is -2.18. The van der Waals surface area contributed by atoms with Crippen LogP contribution in [0.3, 0.4) is 0 Å². The van der Waals surface area contributed by atoms with Crippen molar-refractivity contribution >= 4 is 5.90 Å². The van der Waals surface area contributed by atoms with Gasteiger partial charge in [-0.1, -0.05) is 29.3 Å². The van der Waals surface area contributed by atoms with E-state index in [-0.39, 0.29) is 5.75 Å². The van der Waals surface area contributed by atoms with E-state index in [1.54, 1.807) is 6.07 Å². The van der Waals surface area contributed by atoms with E-state index in [0.717, 1.165) is 16.9 Å². The molecule has 1 heterocycles. The summed E-state index contributed by atoms with van der Waals surface area (Å²) in [5, 5.41) is 9.92. The molecule has 0 saturated carbocycles. The largest absolute Gasteiger partial charge is 0.507 e. The number of aryl methyl sites for hydroxylation is 2. The molecule has 0 amide bonds. The fourth-order valence-corrected chi connectivity index (χ4v) is 2.19. The average molecular weight is 253 g/mol. The summed E-state index contributed by atoms with van der Waals surface area (Å²) in [6.07, 6.45) is 0. The standard InChI is InChI=1S/C16H15NO2/c1-10-4-6-15-12(7-10)9-17-16(19-15)13-8-11(2)3-5-14(13)18/h3-8,18H,9H2,1-2H3. The van der Waals surface area contributed by atoms with Crippen LogP contribution in [0.25, 0.3) is 0 Å². The van der Waals surface area contributed by atoms with E-state index < -0.39 is 0 Å². The number of ether oxygens (including phenoxy) is 1. The van der Waals surface area contributed by atoms with Crippen molar-refractivity contribution in [1.82, 2.24) is 0 Å². The van der Waals surface area contributed by atoms with Crippen molar-refractivity contribution in [1.29, 1.82) is 0 Å². The Morgan fingerprint density at radius 2 is 1.79 bits per heavy atom. The Kier molecular flexibility index (Phi) is 2.75. The number of rotatable bonds is 1. The second-order valence-electron chi connectivity index (χ2n) is 4.86. The number of aliphatic imine (C=N–C) groups is 1. The average Bonchev–Trinajstić information content (AvgIpc) is 2.41. The molecule has 0 saturated heterocycles. The molecule has 1 N–H and O–H groups in total. The number of aromatic hydroxyl groups is 1. The minimum atomic E-state index is 0.194. The molecule has 0 aliphatic carbocycles. The number of hydrogen-bond acceptors (Lipinski definition) is 3. The van der Waals surface area contributed by atoms with Crippen molar-refractivity contribution in [2.45, 2.75) is 20.4 Å². The van der Waals surface area contributed by atoms with Gasteiger partial charge >= 0.3 is 0 Å². The van der Waals surface area contributed by atoms with Gasteiger partial charge in [0.25, 0.3) is 0 Å². The summed E-state index contributed by atoms with van der Waals surface area (Å²) < 4.78 is 5.80. The quantitative estimate of drug-likeness (QED) is 0.846. The fourth-order valence-electron chi connectivity index (χ4n) is 2.19. The first-order valence-electron chi connectivity index (χ1n) is 6.25. The molecule has 96 valence electrons. The van der Waals surface area contributed by atoms with Gasteiger partial charge in [0, 0.05) is 5.56 Å². The smallest absolute Gasteiger partial charge is 0.226 e. The monoisotopic (exact) mass is 253 g/mol. The van der Waals surface area contributed by atoms with Gasteiger partial charge in [-0.2, -0.15) is 0 Å². The molecule has 19 heavy (non-hydrogen) atoms. The second-order valence-corrected chi connectivity index (χ2v) is 4.86. The van der Waals surface area contributed by atoms with E-state index in [1.165, 1.54) is 5.56 Å². The summed E-state index contributed by atoms with van der Waals surface area (Å²) in [6.45, 7) is 4.61. The van der Waals surface area contributed by atoms with Gasteiger partial charge in [0.1, 0.15) is 11.5 Å². The van der Waals surface area contributed by atoms with Crippen molar-refractivity contribution in [2.24, 2.45) is 4.99 Å². The van der Waals surface area contributed by atoms with Crippen LogP contribution in [0.1, 0.15) is 22.3 Å². The maximum absolute atomic E-state index is 9.92. The Hall–Kier alpha value is -2.29. The van der Waals surface area contributed by atoms with Crippen LogP contribution < -0.4 is 4.74 Å². The predicted molar refractivity (Wildman–Crippen MR) is 74.9 cm³/mol. The van der Waals surface area contributed by atoms with E-state index in [9.17, 15) is 5.11 Å². The third kappa shape index (κ3) is 2.19. The summed E-state index contributed by atoms with van der Waals surface area (Å²) in [5.74, 6) is 1.49. The van der Waals surface area contributed by atoms with Crippen LogP contribution in [0.5, 0.6) is 11.5 Å². The van der Waals surface area contributed by atoms with E-state index in [4.69, 9.17) is 4.74 Å². The van der Waals surface area contributed by atoms with Gasteiger partial charge in [0.2, 0.25) is 5.90 Å². The van der Waals surface area contributed by atoms with E-state index in [0.29, 0.717) is 18.0 Å². The molecule has 1 aliphatic heterocycles. The summed E-state index contributed by atoms with van der Waals surface area (Å²) in [6, 6.07) is 11.4. The molecule has 0 fully saturated rings. The molecule has 0 spiro atoms. The van der Waals surface area contributed by atoms with Crippen LogP contribution in [-0.4, -0.2) is 11.0 Å². The third-order valence-corrected chi connectivity index (χ3v) is 3.20. The number of phenolic OH excluding ortho intramolecular Hbond substituents is 1. The third-order valence-electron chi connectivity index (χ3n) is 3.20. The van der Waals surface area contributed by atoms with Crippen LogP contribution >= 0.6 is 0 Å². The molecule has 2 aromatic rings. The van der Waals surface area contributed by atoms with Gasteiger partial charge < -0.3 is 9.84 Å². The Labute approximate surface area is 112 Å². The van der Waals surface area contributed by atoms with Crippen LogP contribution in [0.4, 0.5) is 0 Å². The molecule has 3 nitrogen and oxygen atoms in total. The van der Waals surface area contributed by atoms with Gasteiger partial charge in [-0.15, -0.1) is 0 Å². The molecule has 3 heteroatoms. The van der Waals surface area contributed by atoms with Crippen LogP contribution in [0.15, 0.2) is 41.4 Å². The van der Waals surface area contributed by atoms with Crippen LogP contribution in [0, 0.1) is 13.8 Å². The zero-order chi connectivity index (χ0) is 13.4. The SMILES string of the molecule is Cc1ccc2c(c1)CN=C(c1cc(C)ccc1O)O2. The Morgan fingerprint density at radius 1 is 1.05 bits per heavy atom. The first kappa shape index (κ1) is 11.8. The fraction of sp³-hybridized carbons (Fsp3) is 0.188. The summed E-state index contributed by atoms with van der Waals surface area (Å²) in [4.78, 5) is 4.42.